The normalized spacial score (nSPS) is 24.4. The van der Waals surface area contributed by atoms with Gasteiger partial charge in [0.05, 0.1) is 12.2 Å². The van der Waals surface area contributed by atoms with Crippen molar-refractivity contribution in [1.29, 1.82) is 0 Å². The molecule has 4 rings (SSSR count). The van der Waals surface area contributed by atoms with Crippen LogP contribution in [0.3, 0.4) is 0 Å². The lowest BCUT2D eigenvalue weighted by Crippen LogP contribution is -2.53. The van der Waals surface area contributed by atoms with Crippen molar-refractivity contribution >= 4 is 17.6 Å². The molecule has 32 heavy (non-hydrogen) atoms. The highest BCUT2D eigenvalue weighted by molar-refractivity contribution is 5.89. The predicted octanol–water partition coefficient (Wildman–Crippen LogP) is 4.42. The van der Waals surface area contributed by atoms with Crippen molar-refractivity contribution in [1.82, 2.24) is 4.90 Å². The summed E-state index contributed by atoms with van der Waals surface area (Å²) in [5.74, 6) is -1.23. The summed E-state index contributed by atoms with van der Waals surface area (Å²) in [5.41, 5.74) is 10.5. The topological polar surface area (TPSA) is 105 Å². The summed E-state index contributed by atoms with van der Waals surface area (Å²) in [6.45, 7) is 0.232. The van der Waals surface area contributed by atoms with Crippen LogP contribution in [-0.4, -0.2) is 48.7 Å². The van der Waals surface area contributed by atoms with Gasteiger partial charge in [-0.2, -0.15) is 0 Å². The van der Waals surface area contributed by atoms with Crippen LogP contribution in [-0.2, 0) is 20.7 Å². The highest BCUT2D eigenvalue weighted by Gasteiger charge is 2.51. The molecule has 0 aliphatic carbocycles. The van der Waals surface area contributed by atoms with E-state index in [9.17, 15) is 9.59 Å². The Hall–Kier alpha value is -3.35. The van der Waals surface area contributed by atoms with Crippen LogP contribution >= 0.6 is 0 Å². The fraction of sp³-hybridized carbons (Fsp3) is 0.417. The molecule has 0 N–H and O–H groups in total. The van der Waals surface area contributed by atoms with Gasteiger partial charge < -0.3 is 9.47 Å². The maximum absolute atomic E-state index is 13.1. The lowest BCUT2D eigenvalue weighted by atomic mass is 9.87. The Morgan fingerprint density at radius 2 is 1.88 bits per heavy atom. The van der Waals surface area contributed by atoms with Crippen LogP contribution in [0.25, 0.3) is 10.4 Å². The highest BCUT2D eigenvalue weighted by atomic mass is 16.6. The van der Waals surface area contributed by atoms with Crippen molar-refractivity contribution in [3.05, 3.63) is 76.2 Å². The number of nitrogens with zero attached hydrogens (tertiary/aromatic N) is 4. The van der Waals surface area contributed by atoms with Gasteiger partial charge >= 0.3 is 11.9 Å². The fourth-order valence-electron chi connectivity index (χ4n) is 4.78. The average molecular weight is 434 g/mol. The Kier molecular flexibility index (Phi) is 6.73. The van der Waals surface area contributed by atoms with Crippen LogP contribution in [0.4, 0.5) is 5.69 Å². The zero-order valence-electron chi connectivity index (χ0n) is 18.0. The second kappa shape index (κ2) is 9.85. The molecule has 8 nitrogen and oxygen atoms in total. The smallest absolute Gasteiger partial charge is 0.338 e. The number of fused-ring (bicyclic) bond motifs is 2. The van der Waals surface area contributed by atoms with Crippen LogP contribution in [0.2, 0.25) is 0 Å². The summed E-state index contributed by atoms with van der Waals surface area (Å²) in [5, 5.41) is 3.55. The van der Waals surface area contributed by atoms with Gasteiger partial charge in [-0.15, -0.1) is 0 Å². The van der Waals surface area contributed by atoms with Crippen molar-refractivity contribution in [2.24, 2.45) is 11.0 Å². The molecule has 2 aromatic carbocycles. The molecule has 2 bridgehead atoms. The molecular weight excluding hydrogens is 408 g/mol. The van der Waals surface area contributed by atoms with Gasteiger partial charge in [0.1, 0.15) is 12.0 Å². The Morgan fingerprint density at radius 1 is 1.12 bits per heavy atom. The van der Waals surface area contributed by atoms with Crippen LogP contribution in [0.1, 0.15) is 35.2 Å². The number of hydrogen-bond donors (Lipinski definition) is 0. The van der Waals surface area contributed by atoms with Gasteiger partial charge in [-0.3, -0.25) is 9.69 Å². The molecule has 8 heteroatoms. The van der Waals surface area contributed by atoms with Gasteiger partial charge in [0, 0.05) is 35.5 Å². The summed E-state index contributed by atoms with van der Waals surface area (Å²) in [6, 6.07) is 16.3. The predicted molar refractivity (Wildman–Crippen MR) is 118 cm³/mol. The number of esters is 2. The van der Waals surface area contributed by atoms with Crippen LogP contribution < -0.4 is 0 Å². The average Bonchev–Trinajstić information content (AvgIpc) is 3.04. The number of ether oxygens (including phenoxy) is 2. The van der Waals surface area contributed by atoms with Crippen molar-refractivity contribution in [3.8, 4) is 0 Å². The molecule has 2 heterocycles. The molecule has 2 unspecified atom stereocenters. The standard InChI is InChI=1S/C24H26N4O4/c1-28-19-11-12-20(28)22(21(15-19)32-23(29)17-5-3-2-4-6-17)24(30)31-14-13-16-7-9-18(10-8-16)26-27-25/h2-10,19-22H,11-15H2,1H3/t19-,20?,21+,22?/m1/s1. The van der Waals surface area contributed by atoms with Gasteiger partial charge in [-0.25, -0.2) is 4.79 Å². The van der Waals surface area contributed by atoms with E-state index < -0.39 is 18.0 Å². The molecule has 2 aromatic rings. The molecule has 0 amide bonds. The van der Waals surface area contributed by atoms with Crippen LogP contribution in [0.5, 0.6) is 0 Å². The minimum Gasteiger partial charge on any atom is -0.465 e. The van der Waals surface area contributed by atoms with Gasteiger partial charge in [0.25, 0.3) is 0 Å². The number of rotatable bonds is 7. The third kappa shape index (κ3) is 4.77. The zero-order chi connectivity index (χ0) is 22.5. The number of carbonyl (C=O) groups is 2. The van der Waals surface area contributed by atoms with Gasteiger partial charge in [0.15, 0.2) is 0 Å². The molecule has 0 saturated carbocycles. The number of azide groups is 1. The minimum absolute atomic E-state index is 0.0120. The Bertz CT molecular complexity index is 1000. The third-order valence-electron chi connectivity index (χ3n) is 6.49. The van der Waals surface area contributed by atoms with E-state index >= 15 is 0 Å². The Balaban J connectivity index is 1.40. The second-order valence-electron chi connectivity index (χ2n) is 8.31. The fourth-order valence-corrected chi connectivity index (χ4v) is 4.78. The van der Waals surface area contributed by atoms with E-state index in [0.29, 0.717) is 30.1 Å². The van der Waals surface area contributed by atoms with E-state index in [1.807, 2.05) is 25.2 Å². The SMILES string of the molecule is CN1C2CC[C@@H]1C[C@H](OC(=O)c1ccccc1)C2C(=O)OCCc1ccc(N=[N+]=[N-])cc1. The van der Waals surface area contributed by atoms with Crippen LogP contribution in [0.15, 0.2) is 59.7 Å². The number of piperidine rings is 1. The summed E-state index contributed by atoms with van der Waals surface area (Å²) in [4.78, 5) is 30.7. The molecular formula is C24H26N4O4. The summed E-state index contributed by atoms with van der Waals surface area (Å²) >= 11 is 0. The first-order chi connectivity index (χ1) is 15.6. The quantitative estimate of drug-likeness (QED) is 0.278. The first kappa shape index (κ1) is 21.9. The lowest BCUT2D eigenvalue weighted by molar-refractivity contribution is -0.159. The third-order valence-corrected chi connectivity index (χ3v) is 6.49. The molecule has 166 valence electrons. The Labute approximate surface area is 186 Å². The largest absolute Gasteiger partial charge is 0.465 e. The van der Waals surface area contributed by atoms with E-state index in [4.69, 9.17) is 15.0 Å². The van der Waals surface area contributed by atoms with E-state index in [-0.39, 0.29) is 18.6 Å². The summed E-state index contributed by atoms with van der Waals surface area (Å²) in [7, 11) is 2.03. The molecule has 2 fully saturated rings. The van der Waals surface area contributed by atoms with Crippen molar-refractivity contribution in [2.75, 3.05) is 13.7 Å². The van der Waals surface area contributed by atoms with E-state index in [0.717, 1.165) is 18.4 Å². The first-order valence-electron chi connectivity index (χ1n) is 10.9. The van der Waals surface area contributed by atoms with E-state index in [2.05, 4.69) is 14.9 Å². The monoisotopic (exact) mass is 434 g/mol. The van der Waals surface area contributed by atoms with Gasteiger partial charge in [-0.05, 0) is 43.1 Å². The number of hydrogen-bond acceptors (Lipinski definition) is 6. The second-order valence-corrected chi connectivity index (χ2v) is 8.31. The lowest BCUT2D eigenvalue weighted by Gasteiger charge is -2.40. The van der Waals surface area contributed by atoms with Gasteiger partial charge in [0.2, 0.25) is 0 Å². The van der Waals surface area contributed by atoms with Crippen molar-refractivity contribution in [2.45, 2.75) is 43.9 Å². The van der Waals surface area contributed by atoms with Gasteiger partial charge in [-0.1, -0.05) is 47.6 Å². The molecule has 2 aliphatic rings. The molecule has 2 aliphatic heterocycles. The molecule has 0 aromatic heterocycles. The number of carbonyl (C=O) groups excluding carboxylic acids is 2. The molecule has 0 radical (unpaired) electrons. The first-order valence-corrected chi connectivity index (χ1v) is 10.9. The van der Waals surface area contributed by atoms with Crippen molar-refractivity contribution in [3.63, 3.8) is 0 Å². The summed E-state index contributed by atoms with van der Waals surface area (Å²) in [6.07, 6.45) is 2.56. The minimum atomic E-state index is -0.501. The van der Waals surface area contributed by atoms with E-state index in [1.165, 1.54) is 0 Å². The number of benzene rings is 2. The highest BCUT2D eigenvalue weighted by Crippen LogP contribution is 2.40. The van der Waals surface area contributed by atoms with Crippen LogP contribution in [0, 0.1) is 5.92 Å². The zero-order valence-corrected chi connectivity index (χ0v) is 18.0. The molecule has 2 saturated heterocycles. The summed E-state index contributed by atoms with van der Waals surface area (Å²) < 4.78 is 11.5. The maximum atomic E-state index is 13.1. The Morgan fingerprint density at radius 3 is 2.59 bits per heavy atom. The van der Waals surface area contributed by atoms with Crippen molar-refractivity contribution < 1.29 is 19.1 Å². The molecule has 4 atom stereocenters. The molecule has 0 spiro atoms. The maximum Gasteiger partial charge on any atom is 0.338 e. The van der Waals surface area contributed by atoms with E-state index in [1.54, 1.807) is 36.4 Å².